The Morgan fingerprint density at radius 2 is 2.45 bits per heavy atom. The predicted octanol–water partition coefficient (Wildman–Crippen LogP) is 0.688. The van der Waals surface area contributed by atoms with Gasteiger partial charge in [-0.3, -0.25) is 4.79 Å². The molecule has 2 heterocycles. The topological polar surface area (TPSA) is 58.6 Å². The normalized spacial score (nSPS) is 10.6. The SMILES string of the molecule is Cc1cc2c(=O)[nH]nnc2s1. The van der Waals surface area contributed by atoms with Gasteiger partial charge in [-0.25, -0.2) is 5.10 Å². The second-order valence-corrected chi connectivity index (χ2v) is 3.45. The molecule has 0 fully saturated rings. The van der Waals surface area contributed by atoms with E-state index in [1.54, 1.807) is 0 Å². The zero-order chi connectivity index (χ0) is 7.84. The first-order valence-electron chi connectivity index (χ1n) is 3.09. The Balaban J connectivity index is 3.02. The minimum atomic E-state index is -0.167. The zero-order valence-electron chi connectivity index (χ0n) is 5.79. The van der Waals surface area contributed by atoms with E-state index in [1.807, 2.05) is 13.0 Å². The van der Waals surface area contributed by atoms with Crippen LogP contribution in [0.5, 0.6) is 0 Å². The molecule has 0 bridgehead atoms. The number of aryl methyl sites for hydroxylation is 1. The van der Waals surface area contributed by atoms with Crippen molar-refractivity contribution < 1.29 is 0 Å². The molecule has 0 spiro atoms. The fourth-order valence-electron chi connectivity index (χ4n) is 0.915. The van der Waals surface area contributed by atoms with Crippen LogP contribution in [0.2, 0.25) is 0 Å². The Labute approximate surface area is 65.9 Å². The summed E-state index contributed by atoms with van der Waals surface area (Å²) in [7, 11) is 0. The van der Waals surface area contributed by atoms with Gasteiger partial charge in [0.25, 0.3) is 5.56 Å². The summed E-state index contributed by atoms with van der Waals surface area (Å²) in [4.78, 5) is 12.8. The van der Waals surface area contributed by atoms with Crippen molar-refractivity contribution in [1.82, 2.24) is 15.4 Å². The van der Waals surface area contributed by atoms with E-state index in [0.29, 0.717) is 10.2 Å². The number of nitrogens with zero attached hydrogens (tertiary/aromatic N) is 2. The summed E-state index contributed by atoms with van der Waals surface area (Å²) in [6.45, 7) is 1.94. The Morgan fingerprint density at radius 1 is 1.64 bits per heavy atom. The molecule has 4 nitrogen and oxygen atoms in total. The van der Waals surface area contributed by atoms with Crippen LogP contribution >= 0.6 is 11.3 Å². The van der Waals surface area contributed by atoms with Crippen molar-refractivity contribution in [1.29, 1.82) is 0 Å². The predicted molar refractivity (Wildman–Crippen MR) is 42.8 cm³/mol. The zero-order valence-corrected chi connectivity index (χ0v) is 6.60. The van der Waals surface area contributed by atoms with Crippen LogP contribution < -0.4 is 5.56 Å². The van der Waals surface area contributed by atoms with E-state index in [1.165, 1.54) is 11.3 Å². The molecule has 2 rings (SSSR count). The van der Waals surface area contributed by atoms with Gasteiger partial charge < -0.3 is 0 Å². The smallest absolute Gasteiger partial charge is 0.267 e. The van der Waals surface area contributed by atoms with E-state index < -0.39 is 0 Å². The van der Waals surface area contributed by atoms with Gasteiger partial charge >= 0.3 is 0 Å². The summed E-state index contributed by atoms with van der Waals surface area (Å²) in [5.41, 5.74) is -0.167. The molecule has 0 saturated heterocycles. The van der Waals surface area contributed by atoms with Gasteiger partial charge in [0.05, 0.1) is 5.39 Å². The molecule has 0 aromatic carbocycles. The summed E-state index contributed by atoms with van der Waals surface area (Å²) in [6.07, 6.45) is 0. The van der Waals surface area contributed by atoms with Crippen LogP contribution in [-0.4, -0.2) is 15.4 Å². The molecule has 0 unspecified atom stereocenters. The molecule has 0 atom stereocenters. The van der Waals surface area contributed by atoms with Crippen molar-refractivity contribution in [3.63, 3.8) is 0 Å². The molecule has 1 N–H and O–H groups in total. The quantitative estimate of drug-likeness (QED) is 0.628. The molecule has 0 saturated carbocycles. The summed E-state index contributed by atoms with van der Waals surface area (Å²) >= 11 is 1.47. The Bertz CT molecular complexity index is 444. The van der Waals surface area contributed by atoms with Crippen LogP contribution in [-0.2, 0) is 0 Å². The van der Waals surface area contributed by atoms with E-state index >= 15 is 0 Å². The third kappa shape index (κ3) is 0.932. The molecular formula is C6H5N3OS. The van der Waals surface area contributed by atoms with Gasteiger partial charge in [0.2, 0.25) is 0 Å². The summed E-state index contributed by atoms with van der Waals surface area (Å²) in [6, 6.07) is 1.81. The minimum Gasteiger partial charge on any atom is -0.267 e. The highest BCUT2D eigenvalue weighted by molar-refractivity contribution is 7.18. The highest BCUT2D eigenvalue weighted by atomic mass is 32.1. The van der Waals surface area contributed by atoms with E-state index in [-0.39, 0.29) is 5.56 Å². The number of H-pyrrole nitrogens is 1. The first-order chi connectivity index (χ1) is 5.27. The number of aromatic amines is 1. The van der Waals surface area contributed by atoms with Crippen molar-refractivity contribution in [3.8, 4) is 0 Å². The number of aromatic nitrogens is 3. The molecule has 56 valence electrons. The largest absolute Gasteiger partial charge is 0.275 e. The number of hydrogen-bond donors (Lipinski definition) is 1. The molecule has 0 aliphatic carbocycles. The lowest BCUT2D eigenvalue weighted by Gasteiger charge is -1.80. The molecule has 0 aliphatic heterocycles. The Hall–Kier alpha value is -1.23. The summed E-state index contributed by atoms with van der Waals surface area (Å²) in [5, 5.41) is 10.1. The van der Waals surface area contributed by atoms with Gasteiger partial charge in [0, 0.05) is 4.88 Å². The molecule has 0 amide bonds. The van der Waals surface area contributed by atoms with E-state index in [2.05, 4.69) is 15.4 Å². The second kappa shape index (κ2) is 2.13. The van der Waals surface area contributed by atoms with Crippen LogP contribution in [0.25, 0.3) is 10.2 Å². The molecule has 5 heteroatoms. The fourth-order valence-corrected chi connectivity index (χ4v) is 1.74. The molecule has 11 heavy (non-hydrogen) atoms. The number of hydrogen-bond acceptors (Lipinski definition) is 4. The second-order valence-electron chi connectivity index (χ2n) is 2.22. The maximum absolute atomic E-state index is 11.0. The highest BCUT2D eigenvalue weighted by Gasteiger charge is 2.02. The van der Waals surface area contributed by atoms with Gasteiger partial charge in [0.1, 0.15) is 0 Å². The third-order valence-electron chi connectivity index (χ3n) is 1.37. The van der Waals surface area contributed by atoms with Crippen LogP contribution in [0.4, 0.5) is 0 Å². The fraction of sp³-hybridized carbons (Fsp3) is 0.167. The van der Waals surface area contributed by atoms with Crippen molar-refractivity contribution in [3.05, 3.63) is 21.3 Å². The van der Waals surface area contributed by atoms with Crippen LogP contribution in [0, 0.1) is 6.92 Å². The van der Waals surface area contributed by atoms with Gasteiger partial charge in [-0.05, 0) is 13.0 Å². The standard InChI is InChI=1S/C6H5N3OS/c1-3-2-4-5(10)7-9-8-6(4)11-3/h2H,1H3,(H,7,8,10). The number of rotatable bonds is 0. The molecular weight excluding hydrogens is 162 g/mol. The lowest BCUT2D eigenvalue weighted by molar-refractivity contribution is 0.877. The van der Waals surface area contributed by atoms with Crippen LogP contribution in [0.3, 0.4) is 0 Å². The average molecular weight is 167 g/mol. The van der Waals surface area contributed by atoms with Gasteiger partial charge in [-0.1, -0.05) is 5.21 Å². The number of thiophene rings is 1. The average Bonchev–Trinajstić information content (AvgIpc) is 2.31. The Morgan fingerprint density at radius 3 is 3.18 bits per heavy atom. The maximum atomic E-state index is 11.0. The summed E-state index contributed by atoms with van der Waals surface area (Å²) in [5.74, 6) is 0. The third-order valence-corrected chi connectivity index (χ3v) is 2.31. The number of fused-ring (bicyclic) bond motifs is 1. The van der Waals surface area contributed by atoms with Crippen LogP contribution in [0.1, 0.15) is 4.88 Å². The van der Waals surface area contributed by atoms with E-state index in [4.69, 9.17) is 0 Å². The van der Waals surface area contributed by atoms with E-state index in [9.17, 15) is 4.79 Å². The lowest BCUT2D eigenvalue weighted by atomic mass is 10.4. The van der Waals surface area contributed by atoms with Crippen LogP contribution in [0.15, 0.2) is 10.9 Å². The van der Waals surface area contributed by atoms with Gasteiger partial charge in [-0.2, -0.15) is 0 Å². The van der Waals surface area contributed by atoms with Crippen molar-refractivity contribution in [2.24, 2.45) is 0 Å². The first-order valence-corrected chi connectivity index (χ1v) is 3.90. The van der Waals surface area contributed by atoms with E-state index in [0.717, 1.165) is 4.88 Å². The molecule has 2 aromatic heterocycles. The number of nitrogens with one attached hydrogen (secondary N) is 1. The summed E-state index contributed by atoms with van der Waals surface area (Å²) < 4.78 is 0. The Kier molecular flexibility index (Phi) is 1.25. The highest BCUT2D eigenvalue weighted by Crippen LogP contribution is 2.17. The minimum absolute atomic E-state index is 0.167. The molecule has 0 radical (unpaired) electrons. The first kappa shape index (κ1) is 6.48. The maximum Gasteiger partial charge on any atom is 0.275 e. The lowest BCUT2D eigenvalue weighted by Crippen LogP contribution is -2.07. The molecule has 0 aliphatic rings. The van der Waals surface area contributed by atoms with Gasteiger partial charge in [0.15, 0.2) is 4.83 Å². The van der Waals surface area contributed by atoms with Crippen molar-refractivity contribution >= 4 is 21.6 Å². The van der Waals surface area contributed by atoms with Gasteiger partial charge in [-0.15, -0.1) is 16.4 Å². The monoisotopic (exact) mass is 167 g/mol. The van der Waals surface area contributed by atoms with Crippen molar-refractivity contribution in [2.45, 2.75) is 6.92 Å². The van der Waals surface area contributed by atoms with Crippen molar-refractivity contribution in [2.75, 3.05) is 0 Å². The molecule has 2 aromatic rings.